The average Bonchev–Trinajstić information content (AvgIpc) is 2.26. The molecule has 0 saturated carbocycles. The van der Waals surface area contributed by atoms with Crippen molar-refractivity contribution in [1.29, 1.82) is 0 Å². The van der Waals surface area contributed by atoms with Gasteiger partial charge in [0.2, 0.25) is 0 Å². The van der Waals surface area contributed by atoms with E-state index in [-0.39, 0.29) is 5.91 Å². The lowest BCUT2D eigenvalue weighted by Crippen LogP contribution is -2.28. The Morgan fingerprint density at radius 2 is 2.00 bits per heavy atom. The number of aryl methyl sites for hydroxylation is 1. The van der Waals surface area contributed by atoms with E-state index in [9.17, 15) is 4.79 Å². The SMILES string of the molecule is C[CH][C@H](C)CNC(=O)c1ccc(C)cc1. The molecule has 1 aromatic rings. The van der Waals surface area contributed by atoms with E-state index in [1.165, 1.54) is 5.56 Å². The lowest BCUT2D eigenvalue weighted by atomic mass is 10.1. The molecule has 0 bridgehead atoms. The van der Waals surface area contributed by atoms with Crippen LogP contribution in [-0.4, -0.2) is 12.5 Å². The first-order valence-corrected chi connectivity index (χ1v) is 5.28. The minimum Gasteiger partial charge on any atom is -0.352 e. The highest BCUT2D eigenvalue weighted by Crippen LogP contribution is 2.03. The third-order valence-corrected chi connectivity index (χ3v) is 2.47. The van der Waals surface area contributed by atoms with Crippen LogP contribution in [0.5, 0.6) is 0 Å². The highest BCUT2D eigenvalue weighted by Gasteiger charge is 2.05. The molecular formula is C13H18NO. The summed E-state index contributed by atoms with van der Waals surface area (Å²) in [6, 6.07) is 7.60. The third kappa shape index (κ3) is 3.74. The van der Waals surface area contributed by atoms with Crippen LogP contribution in [0.3, 0.4) is 0 Å². The maximum absolute atomic E-state index is 11.7. The summed E-state index contributed by atoms with van der Waals surface area (Å²) < 4.78 is 0. The molecule has 0 spiro atoms. The summed E-state index contributed by atoms with van der Waals surface area (Å²) in [4.78, 5) is 11.7. The second-order valence-corrected chi connectivity index (χ2v) is 3.89. The molecule has 15 heavy (non-hydrogen) atoms. The molecule has 0 fully saturated rings. The fourth-order valence-electron chi connectivity index (χ4n) is 1.18. The summed E-state index contributed by atoms with van der Waals surface area (Å²) in [7, 11) is 0. The van der Waals surface area contributed by atoms with E-state index >= 15 is 0 Å². The highest BCUT2D eigenvalue weighted by molar-refractivity contribution is 5.94. The summed E-state index contributed by atoms with van der Waals surface area (Å²) in [5, 5.41) is 2.90. The predicted molar refractivity (Wildman–Crippen MR) is 62.7 cm³/mol. The van der Waals surface area contributed by atoms with Crippen molar-refractivity contribution in [3.63, 3.8) is 0 Å². The van der Waals surface area contributed by atoms with Crippen LogP contribution in [0.25, 0.3) is 0 Å². The van der Waals surface area contributed by atoms with Crippen molar-refractivity contribution in [2.75, 3.05) is 6.54 Å². The van der Waals surface area contributed by atoms with Gasteiger partial charge >= 0.3 is 0 Å². The number of benzene rings is 1. The van der Waals surface area contributed by atoms with Crippen molar-refractivity contribution in [3.8, 4) is 0 Å². The molecule has 81 valence electrons. The number of hydrogen-bond donors (Lipinski definition) is 1. The van der Waals surface area contributed by atoms with E-state index < -0.39 is 0 Å². The van der Waals surface area contributed by atoms with Gasteiger partial charge in [0.15, 0.2) is 0 Å². The molecule has 0 heterocycles. The summed E-state index contributed by atoms with van der Waals surface area (Å²) in [6.07, 6.45) is 2.08. The van der Waals surface area contributed by atoms with Crippen molar-refractivity contribution < 1.29 is 4.79 Å². The van der Waals surface area contributed by atoms with Crippen LogP contribution in [-0.2, 0) is 0 Å². The maximum Gasteiger partial charge on any atom is 0.251 e. The van der Waals surface area contributed by atoms with Crippen molar-refractivity contribution >= 4 is 5.91 Å². The van der Waals surface area contributed by atoms with Crippen molar-refractivity contribution in [1.82, 2.24) is 5.32 Å². The van der Waals surface area contributed by atoms with Crippen LogP contribution in [0.15, 0.2) is 24.3 Å². The summed E-state index contributed by atoms with van der Waals surface area (Å²) in [6.45, 7) is 6.79. The molecule has 0 unspecified atom stereocenters. The number of amides is 1. The minimum atomic E-state index is 0.00343. The van der Waals surface area contributed by atoms with Gasteiger partial charge in [0.25, 0.3) is 5.91 Å². The quantitative estimate of drug-likeness (QED) is 0.802. The second kappa shape index (κ2) is 5.54. The molecular weight excluding hydrogens is 186 g/mol. The Balaban J connectivity index is 2.50. The van der Waals surface area contributed by atoms with Crippen molar-refractivity contribution in [2.24, 2.45) is 5.92 Å². The second-order valence-electron chi connectivity index (χ2n) is 3.89. The number of carbonyl (C=O) groups excluding carboxylic acids is 1. The van der Waals surface area contributed by atoms with E-state index in [4.69, 9.17) is 0 Å². The topological polar surface area (TPSA) is 29.1 Å². The largest absolute Gasteiger partial charge is 0.352 e. The summed E-state index contributed by atoms with van der Waals surface area (Å²) >= 11 is 0. The number of rotatable bonds is 4. The van der Waals surface area contributed by atoms with Crippen molar-refractivity contribution in [3.05, 3.63) is 41.8 Å². The van der Waals surface area contributed by atoms with Gasteiger partial charge in [-0.2, -0.15) is 0 Å². The average molecular weight is 204 g/mol. The Morgan fingerprint density at radius 3 is 2.53 bits per heavy atom. The first-order valence-electron chi connectivity index (χ1n) is 5.28. The first-order chi connectivity index (χ1) is 7.13. The van der Waals surface area contributed by atoms with Crippen LogP contribution < -0.4 is 5.32 Å². The molecule has 0 saturated heterocycles. The van der Waals surface area contributed by atoms with Crippen LogP contribution in [0.4, 0.5) is 0 Å². The zero-order valence-corrected chi connectivity index (χ0v) is 9.58. The Bertz CT molecular complexity index is 316. The molecule has 1 atom stereocenters. The molecule has 0 aromatic heterocycles. The van der Waals surface area contributed by atoms with Gasteiger partial charge in [0.1, 0.15) is 0 Å². The molecule has 1 aromatic carbocycles. The summed E-state index contributed by atoms with van der Waals surface area (Å²) in [5.41, 5.74) is 1.89. The van der Waals surface area contributed by atoms with Crippen LogP contribution in [0.1, 0.15) is 29.8 Å². The highest BCUT2D eigenvalue weighted by atomic mass is 16.1. The van der Waals surface area contributed by atoms with Gasteiger partial charge in [-0.25, -0.2) is 0 Å². The minimum absolute atomic E-state index is 0.00343. The lowest BCUT2D eigenvalue weighted by molar-refractivity contribution is 0.0950. The van der Waals surface area contributed by atoms with Gasteiger partial charge in [-0.3, -0.25) is 4.79 Å². The molecule has 2 heteroatoms. The molecule has 1 amide bonds. The Labute approximate surface area is 91.7 Å². The fraction of sp³-hybridized carbons (Fsp3) is 0.385. The van der Waals surface area contributed by atoms with Crippen LogP contribution in [0, 0.1) is 19.3 Å². The smallest absolute Gasteiger partial charge is 0.251 e. The summed E-state index contributed by atoms with van der Waals surface area (Å²) in [5.74, 6) is 0.420. The standard InChI is InChI=1S/C13H18NO/c1-4-10(2)9-14-13(15)12-7-5-11(3)6-8-12/h4-8,10H,9H2,1-3H3,(H,14,15)/t10-/m0/s1. The first kappa shape index (κ1) is 11.8. The van der Waals surface area contributed by atoms with Gasteiger partial charge in [0, 0.05) is 12.1 Å². The van der Waals surface area contributed by atoms with E-state index in [2.05, 4.69) is 18.7 Å². The van der Waals surface area contributed by atoms with E-state index in [1.807, 2.05) is 38.1 Å². The molecule has 1 rings (SSSR count). The van der Waals surface area contributed by atoms with E-state index in [1.54, 1.807) is 0 Å². The number of nitrogens with one attached hydrogen (secondary N) is 1. The van der Waals surface area contributed by atoms with Gasteiger partial charge in [-0.05, 0) is 31.4 Å². The van der Waals surface area contributed by atoms with Crippen LogP contribution >= 0.6 is 0 Å². The van der Waals surface area contributed by atoms with Gasteiger partial charge in [-0.15, -0.1) is 0 Å². The molecule has 0 aliphatic heterocycles. The number of hydrogen-bond acceptors (Lipinski definition) is 1. The monoisotopic (exact) mass is 204 g/mol. The lowest BCUT2D eigenvalue weighted by Gasteiger charge is -2.09. The third-order valence-electron chi connectivity index (χ3n) is 2.47. The van der Waals surface area contributed by atoms with E-state index in [0.717, 1.165) is 5.56 Å². The zero-order valence-electron chi connectivity index (χ0n) is 9.58. The zero-order chi connectivity index (χ0) is 11.3. The van der Waals surface area contributed by atoms with Gasteiger partial charge in [0.05, 0.1) is 0 Å². The Morgan fingerprint density at radius 1 is 1.40 bits per heavy atom. The molecule has 2 nitrogen and oxygen atoms in total. The molecule has 0 aliphatic carbocycles. The molecule has 0 aliphatic rings. The Hall–Kier alpha value is -1.31. The van der Waals surface area contributed by atoms with E-state index in [0.29, 0.717) is 12.5 Å². The number of carbonyl (C=O) groups is 1. The van der Waals surface area contributed by atoms with Crippen LogP contribution in [0.2, 0.25) is 0 Å². The van der Waals surface area contributed by atoms with Crippen molar-refractivity contribution in [2.45, 2.75) is 20.8 Å². The van der Waals surface area contributed by atoms with Gasteiger partial charge in [-0.1, -0.05) is 31.5 Å². The molecule has 1 radical (unpaired) electrons. The fourth-order valence-corrected chi connectivity index (χ4v) is 1.18. The predicted octanol–water partition coefficient (Wildman–Crippen LogP) is 2.59. The van der Waals surface area contributed by atoms with Gasteiger partial charge < -0.3 is 5.32 Å². The Kier molecular flexibility index (Phi) is 4.35. The normalized spacial score (nSPS) is 12.2. The molecule has 1 N–H and O–H groups in total. The maximum atomic E-state index is 11.7.